The number of pyridine rings is 1. The van der Waals surface area contributed by atoms with E-state index in [4.69, 9.17) is 0 Å². The third kappa shape index (κ3) is 3.01. The van der Waals surface area contributed by atoms with Crippen LogP contribution in [0, 0.1) is 0 Å². The summed E-state index contributed by atoms with van der Waals surface area (Å²) in [5.74, 6) is -0.0501. The molecule has 0 amide bonds. The number of aromatic hydroxyl groups is 1. The van der Waals surface area contributed by atoms with Crippen LogP contribution in [0.3, 0.4) is 0 Å². The molecule has 2 rings (SSSR count). The Balaban J connectivity index is 2.15. The molecule has 1 aromatic carbocycles. The topological polar surface area (TPSA) is 50.2 Å². The maximum Gasteiger partial charge on any atom is 0.185 e. The van der Waals surface area contributed by atoms with Crippen LogP contribution in [-0.2, 0) is 0 Å². The van der Waals surface area contributed by atoms with Gasteiger partial charge in [0.05, 0.1) is 0 Å². The van der Waals surface area contributed by atoms with E-state index in [0.717, 1.165) is 5.56 Å². The summed E-state index contributed by atoms with van der Waals surface area (Å²) < 4.78 is 0. The second-order valence-corrected chi connectivity index (χ2v) is 3.53. The van der Waals surface area contributed by atoms with Gasteiger partial charge in [-0.2, -0.15) is 0 Å². The summed E-state index contributed by atoms with van der Waals surface area (Å²) in [6, 6.07) is 9.91. The van der Waals surface area contributed by atoms with Crippen molar-refractivity contribution in [2.45, 2.75) is 0 Å². The van der Waals surface area contributed by atoms with Gasteiger partial charge in [-0.1, -0.05) is 18.2 Å². The van der Waals surface area contributed by atoms with Crippen LogP contribution in [0.1, 0.15) is 15.9 Å². The summed E-state index contributed by atoms with van der Waals surface area (Å²) in [6.45, 7) is 0. The lowest BCUT2D eigenvalue weighted by molar-refractivity contribution is 0.104. The number of ketones is 1. The number of aromatic nitrogens is 1. The summed E-state index contributed by atoms with van der Waals surface area (Å²) in [7, 11) is 0. The highest BCUT2D eigenvalue weighted by molar-refractivity contribution is 6.06. The zero-order valence-electron chi connectivity index (χ0n) is 9.08. The molecular weight excluding hydrogens is 214 g/mol. The van der Waals surface area contributed by atoms with Crippen molar-refractivity contribution >= 4 is 11.9 Å². The van der Waals surface area contributed by atoms with E-state index in [2.05, 4.69) is 4.98 Å². The fraction of sp³-hybridized carbons (Fsp3) is 0. The van der Waals surface area contributed by atoms with Crippen LogP contribution in [0.25, 0.3) is 6.08 Å². The van der Waals surface area contributed by atoms with Crippen molar-refractivity contribution in [3.05, 3.63) is 66.0 Å². The van der Waals surface area contributed by atoms with Gasteiger partial charge in [0.25, 0.3) is 0 Å². The van der Waals surface area contributed by atoms with Crippen molar-refractivity contribution in [1.29, 1.82) is 0 Å². The van der Waals surface area contributed by atoms with Crippen molar-refractivity contribution in [2.24, 2.45) is 0 Å². The van der Waals surface area contributed by atoms with Gasteiger partial charge in [-0.15, -0.1) is 0 Å². The van der Waals surface area contributed by atoms with Crippen molar-refractivity contribution in [2.75, 3.05) is 0 Å². The van der Waals surface area contributed by atoms with E-state index in [1.165, 1.54) is 18.2 Å². The van der Waals surface area contributed by atoms with Crippen LogP contribution in [0.15, 0.2) is 54.9 Å². The van der Waals surface area contributed by atoms with E-state index in [9.17, 15) is 9.90 Å². The lowest BCUT2D eigenvalue weighted by atomic mass is 10.1. The van der Waals surface area contributed by atoms with Gasteiger partial charge in [0.1, 0.15) is 5.75 Å². The molecule has 0 saturated carbocycles. The third-order valence-corrected chi connectivity index (χ3v) is 2.26. The molecule has 0 unspecified atom stereocenters. The lowest BCUT2D eigenvalue weighted by Crippen LogP contribution is -1.93. The standard InChI is InChI=1S/C14H11NO2/c16-13-3-1-2-12(10-13)14(17)5-4-11-6-8-15-9-7-11/h1-10,16H/b5-4+. The van der Waals surface area contributed by atoms with E-state index in [1.807, 2.05) is 12.1 Å². The van der Waals surface area contributed by atoms with E-state index in [1.54, 1.807) is 30.6 Å². The molecule has 0 atom stereocenters. The number of carbonyl (C=O) groups is 1. The predicted molar refractivity (Wildman–Crippen MR) is 65.7 cm³/mol. The highest BCUT2D eigenvalue weighted by Gasteiger charge is 2.01. The summed E-state index contributed by atoms with van der Waals surface area (Å²) in [4.78, 5) is 15.6. The Hall–Kier alpha value is -2.42. The first-order chi connectivity index (χ1) is 8.25. The molecule has 0 fully saturated rings. The zero-order chi connectivity index (χ0) is 12.1. The number of carbonyl (C=O) groups excluding carboxylic acids is 1. The third-order valence-electron chi connectivity index (χ3n) is 2.26. The van der Waals surface area contributed by atoms with Crippen LogP contribution < -0.4 is 0 Å². The second kappa shape index (κ2) is 5.07. The zero-order valence-corrected chi connectivity index (χ0v) is 9.08. The molecule has 84 valence electrons. The Bertz CT molecular complexity index is 547. The molecule has 3 heteroatoms. The van der Waals surface area contributed by atoms with Crippen molar-refractivity contribution < 1.29 is 9.90 Å². The Morgan fingerprint density at radius 3 is 2.65 bits per heavy atom. The van der Waals surface area contributed by atoms with Crippen molar-refractivity contribution in [3.8, 4) is 5.75 Å². The largest absolute Gasteiger partial charge is 0.508 e. The fourth-order valence-electron chi connectivity index (χ4n) is 1.40. The van der Waals surface area contributed by atoms with E-state index >= 15 is 0 Å². The molecule has 1 heterocycles. The summed E-state index contributed by atoms with van der Waals surface area (Å²) in [5.41, 5.74) is 1.38. The molecule has 17 heavy (non-hydrogen) atoms. The van der Waals surface area contributed by atoms with Gasteiger partial charge in [0.15, 0.2) is 5.78 Å². The highest BCUT2D eigenvalue weighted by Crippen LogP contribution is 2.12. The molecule has 1 aromatic heterocycles. The first kappa shape index (κ1) is 11.1. The van der Waals surface area contributed by atoms with Crippen molar-refractivity contribution in [1.82, 2.24) is 4.98 Å². The molecule has 3 nitrogen and oxygen atoms in total. The molecular formula is C14H11NO2. The number of phenolic OH excluding ortho intramolecular Hbond substituents is 1. The van der Waals surface area contributed by atoms with Crippen LogP contribution in [0.4, 0.5) is 0 Å². The first-order valence-electron chi connectivity index (χ1n) is 5.17. The molecule has 0 aliphatic rings. The van der Waals surface area contributed by atoms with Gasteiger partial charge in [0, 0.05) is 18.0 Å². The van der Waals surface area contributed by atoms with Crippen molar-refractivity contribution in [3.63, 3.8) is 0 Å². The van der Waals surface area contributed by atoms with Crippen LogP contribution in [0.5, 0.6) is 5.75 Å². The second-order valence-electron chi connectivity index (χ2n) is 3.53. The van der Waals surface area contributed by atoms with Gasteiger partial charge in [0.2, 0.25) is 0 Å². The maximum atomic E-state index is 11.8. The normalized spacial score (nSPS) is 10.6. The number of phenols is 1. The van der Waals surface area contributed by atoms with E-state index < -0.39 is 0 Å². The molecule has 0 radical (unpaired) electrons. The minimum absolute atomic E-state index is 0.0909. The van der Waals surface area contributed by atoms with E-state index in [0.29, 0.717) is 5.56 Å². The SMILES string of the molecule is O=C(/C=C/c1ccncc1)c1cccc(O)c1. The van der Waals surface area contributed by atoms with Crippen LogP contribution in [0.2, 0.25) is 0 Å². The molecule has 0 spiro atoms. The lowest BCUT2D eigenvalue weighted by Gasteiger charge is -1.96. The fourth-order valence-corrected chi connectivity index (χ4v) is 1.40. The smallest absolute Gasteiger partial charge is 0.185 e. The predicted octanol–water partition coefficient (Wildman–Crippen LogP) is 2.68. The summed E-state index contributed by atoms with van der Waals surface area (Å²) in [6.07, 6.45) is 6.52. The summed E-state index contributed by atoms with van der Waals surface area (Å²) in [5, 5.41) is 9.26. The highest BCUT2D eigenvalue weighted by atomic mass is 16.3. The Morgan fingerprint density at radius 2 is 1.94 bits per heavy atom. The number of allylic oxidation sites excluding steroid dienone is 1. The number of hydrogen-bond acceptors (Lipinski definition) is 3. The number of nitrogens with zero attached hydrogens (tertiary/aromatic N) is 1. The monoisotopic (exact) mass is 225 g/mol. The van der Waals surface area contributed by atoms with Gasteiger partial charge in [-0.3, -0.25) is 9.78 Å². The van der Waals surface area contributed by atoms with Crippen LogP contribution in [-0.4, -0.2) is 15.9 Å². The van der Waals surface area contributed by atoms with Gasteiger partial charge < -0.3 is 5.11 Å². The summed E-state index contributed by atoms with van der Waals surface area (Å²) >= 11 is 0. The molecule has 0 saturated heterocycles. The Kier molecular flexibility index (Phi) is 3.31. The maximum absolute atomic E-state index is 11.8. The minimum Gasteiger partial charge on any atom is -0.508 e. The number of benzene rings is 1. The first-order valence-corrected chi connectivity index (χ1v) is 5.17. The molecule has 0 bridgehead atoms. The Morgan fingerprint density at radius 1 is 1.18 bits per heavy atom. The number of hydrogen-bond donors (Lipinski definition) is 1. The molecule has 0 aliphatic carbocycles. The molecule has 2 aromatic rings. The van der Waals surface area contributed by atoms with Gasteiger partial charge >= 0.3 is 0 Å². The number of rotatable bonds is 3. The average Bonchev–Trinajstić information content (AvgIpc) is 2.37. The van der Waals surface area contributed by atoms with Gasteiger partial charge in [-0.25, -0.2) is 0 Å². The van der Waals surface area contributed by atoms with Crippen LogP contribution >= 0.6 is 0 Å². The van der Waals surface area contributed by atoms with E-state index in [-0.39, 0.29) is 11.5 Å². The average molecular weight is 225 g/mol. The minimum atomic E-state index is -0.141. The molecule has 1 N–H and O–H groups in total. The molecule has 0 aliphatic heterocycles. The van der Waals surface area contributed by atoms with Gasteiger partial charge in [-0.05, 0) is 35.9 Å². The Labute approximate surface area is 99.1 Å². The quantitative estimate of drug-likeness (QED) is 0.645.